The standard InChI is InChI=1S/C19H14F6O3/c1-9-5-10(20)3-4-15(9)28-16-7-13(19(23,24)25)11(14-8-18(14,21)22)6-12(16)17(26)27-2/h3-7,14H,8H2,1-2H3. The van der Waals surface area contributed by atoms with Gasteiger partial charge in [-0.15, -0.1) is 0 Å². The molecule has 0 spiro atoms. The molecule has 0 N–H and O–H groups in total. The normalized spacial score (nSPS) is 17.9. The Morgan fingerprint density at radius 2 is 1.79 bits per heavy atom. The van der Waals surface area contributed by atoms with Crippen LogP contribution >= 0.6 is 0 Å². The van der Waals surface area contributed by atoms with Crippen LogP contribution in [-0.2, 0) is 10.9 Å². The van der Waals surface area contributed by atoms with E-state index in [9.17, 15) is 31.1 Å². The predicted molar refractivity (Wildman–Crippen MR) is 86.3 cm³/mol. The Kier molecular flexibility index (Phi) is 4.81. The minimum Gasteiger partial charge on any atom is -0.465 e. The van der Waals surface area contributed by atoms with E-state index in [0.717, 1.165) is 25.3 Å². The van der Waals surface area contributed by atoms with Gasteiger partial charge in [-0.1, -0.05) is 0 Å². The Labute approximate surface area is 155 Å². The number of carbonyl (C=O) groups is 1. The highest BCUT2D eigenvalue weighted by Crippen LogP contribution is 2.58. The van der Waals surface area contributed by atoms with E-state index in [1.807, 2.05) is 0 Å². The van der Waals surface area contributed by atoms with Gasteiger partial charge in [0.15, 0.2) is 0 Å². The molecule has 1 aliphatic rings. The number of rotatable bonds is 4. The number of ether oxygens (including phenoxy) is 2. The second-order valence-corrected chi connectivity index (χ2v) is 6.45. The fraction of sp³-hybridized carbons (Fsp3) is 0.316. The van der Waals surface area contributed by atoms with E-state index in [1.165, 1.54) is 13.0 Å². The number of esters is 1. The van der Waals surface area contributed by atoms with Crippen molar-refractivity contribution >= 4 is 5.97 Å². The lowest BCUT2D eigenvalue weighted by Crippen LogP contribution is -2.14. The molecule has 2 aromatic rings. The lowest BCUT2D eigenvalue weighted by molar-refractivity contribution is -0.138. The summed E-state index contributed by atoms with van der Waals surface area (Å²) >= 11 is 0. The second kappa shape index (κ2) is 6.72. The lowest BCUT2D eigenvalue weighted by Gasteiger charge is -2.18. The highest BCUT2D eigenvalue weighted by molar-refractivity contribution is 5.93. The maximum atomic E-state index is 13.5. The lowest BCUT2D eigenvalue weighted by atomic mass is 9.98. The molecular weight excluding hydrogens is 390 g/mol. The van der Waals surface area contributed by atoms with E-state index in [2.05, 4.69) is 4.74 Å². The zero-order chi connectivity index (χ0) is 20.9. The van der Waals surface area contributed by atoms with Crippen LogP contribution in [0.15, 0.2) is 30.3 Å². The molecule has 3 rings (SSSR count). The Bertz CT molecular complexity index is 936. The largest absolute Gasteiger partial charge is 0.465 e. The van der Waals surface area contributed by atoms with Crippen molar-refractivity contribution < 1.29 is 40.6 Å². The summed E-state index contributed by atoms with van der Waals surface area (Å²) in [5, 5.41) is 0. The topological polar surface area (TPSA) is 35.5 Å². The summed E-state index contributed by atoms with van der Waals surface area (Å²) in [5.74, 6) is -7.07. The molecule has 1 atom stereocenters. The summed E-state index contributed by atoms with van der Waals surface area (Å²) in [6.07, 6.45) is -5.69. The third-order valence-corrected chi connectivity index (χ3v) is 4.42. The van der Waals surface area contributed by atoms with E-state index in [-0.39, 0.29) is 11.3 Å². The third-order valence-electron chi connectivity index (χ3n) is 4.42. The minimum atomic E-state index is -4.95. The molecule has 3 nitrogen and oxygen atoms in total. The van der Waals surface area contributed by atoms with Gasteiger partial charge in [0, 0.05) is 6.42 Å². The maximum absolute atomic E-state index is 13.5. The molecule has 0 bridgehead atoms. The molecule has 0 saturated heterocycles. The summed E-state index contributed by atoms with van der Waals surface area (Å²) < 4.78 is 90.6. The number of halogens is 6. The first-order valence-electron chi connectivity index (χ1n) is 8.09. The first kappa shape index (κ1) is 20.0. The van der Waals surface area contributed by atoms with E-state index >= 15 is 0 Å². The summed E-state index contributed by atoms with van der Waals surface area (Å²) in [6.45, 7) is 1.46. The molecule has 0 aliphatic heterocycles. The van der Waals surface area contributed by atoms with Crippen LogP contribution in [0.2, 0.25) is 0 Å². The van der Waals surface area contributed by atoms with Crippen molar-refractivity contribution in [3.8, 4) is 11.5 Å². The summed E-state index contributed by atoms with van der Waals surface area (Å²) in [5.41, 5.74) is -2.18. The SMILES string of the molecule is COC(=O)c1cc(C2CC2(F)F)c(C(F)(F)F)cc1Oc1ccc(F)cc1C. The third kappa shape index (κ3) is 3.79. The average Bonchev–Trinajstić information content (AvgIpc) is 3.23. The van der Waals surface area contributed by atoms with Crippen LogP contribution in [0.25, 0.3) is 0 Å². The van der Waals surface area contributed by atoms with Crippen molar-refractivity contribution in [1.29, 1.82) is 0 Å². The van der Waals surface area contributed by atoms with Gasteiger partial charge in [-0.25, -0.2) is 18.0 Å². The molecule has 1 aliphatic carbocycles. The van der Waals surface area contributed by atoms with Crippen molar-refractivity contribution in [2.45, 2.75) is 31.4 Å². The molecule has 9 heteroatoms. The molecule has 1 saturated carbocycles. The van der Waals surface area contributed by atoms with Crippen LogP contribution in [-0.4, -0.2) is 19.0 Å². The van der Waals surface area contributed by atoms with E-state index in [0.29, 0.717) is 6.07 Å². The first-order chi connectivity index (χ1) is 12.9. The molecule has 0 radical (unpaired) electrons. The average molecular weight is 404 g/mol. The smallest absolute Gasteiger partial charge is 0.416 e. The van der Waals surface area contributed by atoms with Gasteiger partial charge in [0.05, 0.1) is 18.6 Å². The predicted octanol–water partition coefficient (Wildman–Crippen LogP) is 5.85. The quantitative estimate of drug-likeness (QED) is 0.473. The minimum absolute atomic E-state index is 0.00387. The van der Waals surface area contributed by atoms with Gasteiger partial charge in [0.25, 0.3) is 5.92 Å². The van der Waals surface area contributed by atoms with Crippen LogP contribution < -0.4 is 4.74 Å². The Morgan fingerprint density at radius 1 is 1.14 bits per heavy atom. The zero-order valence-corrected chi connectivity index (χ0v) is 14.7. The summed E-state index contributed by atoms with van der Waals surface area (Å²) in [7, 11) is 0.998. The maximum Gasteiger partial charge on any atom is 0.416 e. The molecule has 28 heavy (non-hydrogen) atoms. The van der Waals surface area contributed by atoms with E-state index in [1.54, 1.807) is 0 Å². The number of methoxy groups -OCH3 is 1. The second-order valence-electron chi connectivity index (χ2n) is 6.45. The first-order valence-corrected chi connectivity index (χ1v) is 8.09. The monoisotopic (exact) mass is 404 g/mol. The van der Waals surface area contributed by atoms with Gasteiger partial charge < -0.3 is 9.47 Å². The summed E-state index contributed by atoms with van der Waals surface area (Å²) in [4.78, 5) is 12.1. The fourth-order valence-corrected chi connectivity index (χ4v) is 2.88. The van der Waals surface area contributed by atoms with Crippen LogP contribution in [0.4, 0.5) is 26.3 Å². The molecule has 0 amide bonds. The van der Waals surface area contributed by atoms with Crippen LogP contribution in [0.5, 0.6) is 11.5 Å². The van der Waals surface area contributed by atoms with Crippen LogP contribution in [0.1, 0.15) is 39.4 Å². The van der Waals surface area contributed by atoms with Crippen molar-refractivity contribution in [2.75, 3.05) is 7.11 Å². The fourth-order valence-electron chi connectivity index (χ4n) is 2.88. The summed E-state index contributed by atoms with van der Waals surface area (Å²) in [6, 6.07) is 4.54. The number of benzene rings is 2. The van der Waals surface area contributed by atoms with Gasteiger partial charge in [-0.2, -0.15) is 13.2 Å². The van der Waals surface area contributed by atoms with E-state index in [4.69, 9.17) is 4.74 Å². The Balaban J connectivity index is 2.16. The zero-order valence-electron chi connectivity index (χ0n) is 14.7. The van der Waals surface area contributed by atoms with Crippen molar-refractivity contribution in [3.63, 3.8) is 0 Å². The van der Waals surface area contributed by atoms with Gasteiger partial charge in [-0.05, 0) is 48.4 Å². The molecular formula is C19H14F6O3. The highest BCUT2D eigenvalue weighted by atomic mass is 19.4. The highest BCUT2D eigenvalue weighted by Gasteiger charge is 2.59. The number of carbonyl (C=O) groups excluding carboxylic acids is 1. The molecule has 1 unspecified atom stereocenters. The number of aryl methyl sites for hydroxylation is 1. The van der Waals surface area contributed by atoms with Gasteiger partial charge in [0.2, 0.25) is 0 Å². The van der Waals surface area contributed by atoms with Crippen molar-refractivity contribution in [2.24, 2.45) is 0 Å². The number of alkyl halides is 5. The molecule has 0 heterocycles. The van der Waals surface area contributed by atoms with Crippen molar-refractivity contribution in [1.82, 2.24) is 0 Å². The van der Waals surface area contributed by atoms with Gasteiger partial charge in [-0.3, -0.25) is 0 Å². The molecule has 1 fully saturated rings. The molecule has 150 valence electrons. The van der Waals surface area contributed by atoms with Crippen LogP contribution in [0.3, 0.4) is 0 Å². The van der Waals surface area contributed by atoms with Gasteiger partial charge >= 0.3 is 12.1 Å². The van der Waals surface area contributed by atoms with Crippen molar-refractivity contribution in [3.05, 3.63) is 58.4 Å². The Hall–Kier alpha value is -2.71. The van der Waals surface area contributed by atoms with Crippen LogP contribution in [0, 0.1) is 12.7 Å². The molecule has 0 aromatic heterocycles. The number of hydrogen-bond acceptors (Lipinski definition) is 3. The van der Waals surface area contributed by atoms with E-state index < -0.39 is 58.7 Å². The Morgan fingerprint density at radius 3 is 2.29 bits per heavy atom. The number of hydrogen-bond donors (Lipinski definition) is 0. The molecule has 2 aromatic carbocycles. The van der Waals surface area contributed by atoms with Gasteiger partial charge in [0.1, 0.15) is 22.9 Å².